The topological polar surface area (TPSA) is 256 Å². The van der Waals surface area contributed by atoms with Crippen LogP contribution in [0.3, 0.4) is 0 Å². The van der Waals surface area contributed by atoms with E-state index in [0.29, 0.717) is 57.7 Å². The molecule has 8 heterocycles. The predicted molar refractivity (Wildman–Crippen MR) is 295 cm³/mol. The molecule has 10 rings (SSSR count). The fourth-order valence-electron chi connectivity index (χ4n) is 9.73. The van der Waals surface area contributed by atoms with E-state index >= 15 is 0 Å². The van der Waals surface area contributed by atoms with E-state index in [1.807, 2.05) is 32.2 Å². The lowest BCUT2D eigenvalue weighted by Crippen LogP contribution is -2.39. The van der Waals surface area contributed by atoms with E-state index in [-0.39, 0.29) is 64.7 Å². The van der Waals surface area contributed by atoms with Crippen molar-refractivity contribution in [2.24, 2.45) is 11.8 Å². The van der Waals surface area contributed by atoms with Gasteiger partial charge in [0.2, 0.25) is 20.0 Å². The zero-order valence-electron chi connectivity index (χ0n) is 42.2. The quantitative estimate of drug-likeness (QED) is 0.115. The number of benzene rings is 2. The van der Waals surface area contributed by atoms with Crippen molar-refractivity contribution in [1.82, 2.24) is 44.3 Å². The van der Waals surface area contributed by atoms with Gasteiger partial charge in [-0.25, -0.2) is 35.8 Å². The van der Waals surface area contributed by atoms with Crippen molar-refractivity contribution in [2.75, 3.05) is 66.1 Å². The smallest absolute Gasteiger partial charge is 0.256 e. The molecule has 0 bridgehead atoms. The third-order valence-corrected chi connectivity index (χ3v) is 15.4. The highest BCUT2D eigenvalue weighted by molar-refractivity contribution is 7.92. The van der Waals surface area contributed by atoms with Crippen LogP contribution in [0.25, 0.3) is 11.3 Å². The molecule has 76 heavy (non-hydrogen) atoms. The summed E-state index contributed by atoms with van der Waals surface area (Å²) in [6, 6.07) is 16.8. The second-order valence-electron chi connectivity index (χ2n) is 19.2. The number of likely N-dealkylation sites (tertiary alicyclic amines) is 2. The van der Waals surface area contributed by atoms with Crippen LogP contribution in [0.15, 0.2) is 60.9 Å². The first-order chi connectivity index (χ1) is 35.7. The van der Waals surface area contributed by atoms with Crippen molar-refractivity contribution < 1.29 is 26.4 Å². The molecule has 0 aliphatic carbocycles. The van der Waals surface area contributed by atoms with Gasteiger partial charge < -0.3 is 20.0 Å². The van der Waals surface area contributed by atoms with Gasteiger partial charge >= 0.3 is 0 Å². The number of nitriles is 2. The maximum Gasteiger partial charge on any atom is 0.256 e. The number of nitrogens with zero attached hydrogens (tertiary/aromatic N) is 11. The summed E-state index contributed by atoms with van der Waals surface area (Å²) in [6.07, 6.45) is 12.7. The Morgan fingerprint density at radius 1 is 0.671 bits per heavy atom. The van der Waals surface area contributed by atoms with Crippen molar-refractivity contribution in [3.63, 3.8) is 0 Å². The van der Waals surface area contributed by atoms with Crippen LogP contribution in [0.5, 0.6) is 0 Å². The first-order valence-corrected chi connectivity index (χ1v) is 29.4. The van der Waals surface area contributed by atoms with E-state index in [2.05, 4.69) is 41.9 Å². The number of anilines is 3. The summed E-state index contributed by atoms with van der Waals surface area (Å²) in [5.41, 5.74) is 5.27. The third kappa shape index (κ3) is 13.9. The van der Waals surface area contributed by atoms with Crippen LogP contribution >= 0.6 is 47.2 Å². The minimum atomic E-state index is -3.59. The van der Waals surface area contributed by atoms with Crippen LogP contribution in [0.2, 0.25) is 15.2 Å². The number of sulfonamides is 2. The van der Waals surface area contributed by atoms with Gasteiger partial charge in [-0.2, -0.15) is 20.7 Å². The highest BCUT2D eigenvalue weighted by atomic mass is 35.5. The number of carbonyl (C=O) groups excluding carboxylic acids is 2. The first-order valence-electron chi connectivity index (χ1n) is 24.5. The lowest BCUT2D eigenvalue weighted by molar-refractivity contribution is 0.0600. The van der Waals surface area contributed by atoms with Crippen molar-refractivity contribution in [3.8, 4) is 12.1 Å². The molecular formula is C50H58Cl4N14O6S2. The van der Waals surface area contributed by atoms with E-state index in [9.17, 15) is 31.7 Å². The average Bonchev–Trinajstić information content (AvgIpc) is 4.22. The van der Waals surface area contributed by atoms with E-state index in [1.54, 1.807) is 37.2 Å². The van der Waals surface area contributed by atoms with E-state index in [0.717, 1.165) is 106 Å². The van der Waals surface area contributed by atoms with Gasteiger partial charge in [-0.3, -0.25) is 19.0 Å². The number of amides is 2. The van der Waals surface area contributed by atoms with Gasteiger partial charge in [0.05, 0.1) is 82.5 Å². The zero-order chi connectivity index (χ0) is 53.8. The number of nitrogens with one attached hydrogen (secondary N) is 3. The Hall–Kier alpha value is -5.98. The van der Waals surface area contributed by atoms with Crippen LogP contribution in [0.4, 0.5) is 17.2 Å². The molecule has 0 spiro atoms. The predicted octanol–water partition coefficient (Wildman–Crippen LogP) is 8.40. The number of rotatable bonds is 9. The molecule has 4 atom stereocenters. The number of aromatic nitrogens is 6. The minimum Gasteiger partial charge on any atom is -0.355 e. The first kappa shape index (κ1) is 57.7. The molecule has 0 radical (unpaired) electrons. The number of piperidine rings is 2. The van der Waals surface area contributed by atoms with Crippen molar-refractivity contribution in [3.05, 3.63) is 110 Å². The Bertz CT molecular complexity index is 3410. The van der Waals surface area contributed by atoms with E-state index in [4.69, 9.17) is 50.1 Å². The summed E-state index contributed by atoms with van der Waals surface area (Å²) >= 11 is 18.5. The maximum absolute atomic E-state index is 13.7. The Morgan fingerprint density at radius 3 is 1.62 bits per heavy atom. The van der Waals surface area contributed by atoms with Crippen LogP contribution in [0, 0.1) is 48.3 Å². The lowest BCUT2D eigenvalue weighted by Gasteiger charge is -2.35. The molecule has 4 aromatic heterocycles. The van der Waals surface area contributed by atoms with Crippen LogP contribution in [0.1, 0.15) is 107 Å². The molecule has 4 fully saturated rings. The molecule has 3 N–H and O–H groups in total. The Kier molecular flexibility index (Phi) is 18.7. The molecule has 4 aliphatic rings. The van der Waals surface area contributed by atoms with Gasteiger partial charge in [0.25, 0.3) is 11.8 Å². The van der Waals surface area contributed by atoms with Gasteiger partial charge in [0, 0.05) is 78.4 Å². The van der Waals surface area contributed by atoms with Gasteiger partial charge in [-0.1, -0.05) is 34.8 Å². The van der Waals surface area contributed by atoms with Crippen molar-refractivity contribution >= 4 is 108 Å². The van der Waals surface area contributed by atoms with Gasteiger partial charge in [-0.15, -0.1) is 12.4 Å². The third-order valence-electron chi connectivity index (χ3n) is 13.4. The summed E-state index contributed by atoms with van der Waals surface area (Å²) in [4.78, 5) is 42.1. The molecule has 26 heteroatoms. The van der Waals surface area contributed by atoms with Crippen LogP contribution in [-0.2, 0) is 20.0 Å². The maximum atomic E-state index is 13.7. The number of hydrogen-bond donors (Lipinski definition) is 3. The normalized spacial score (nSPS) is 19.6. The Labute approximate surface area is 463 Å². The molecular weight excluding hydrogens is 1100 g/mol. The van der Waals surface area contributed by atoms with E-state index < -0.39 is 20.0 Å². The number of halogens is 4. The second kappa shape index (κ2) is 24.6. The second-order valence-corrected chi connectivity index (χ2v) is 24.0. The Morgan fingerprint density at radius 2 is 1.17 bits per heavy atom. The van der Waals surface area contributed by atoms with Gasteiger partial charge in [0.15, 0.2) is 11.3 Å². The number of hydrogen-bond acceptors (Lipinski definition) is 14. The largest absolute Gasteiger partial charge is 0.355 e. The summed E-state index contributed by atoms with van der Waals surface area (Å²) in [5.74, 6) is 0.536. The lowest BCUT2D eigenvalue weighted by atomic mass is 9.98. The fraction of sp³-hybridized carbons (Fsp3) is 0.440. The van der Waals surface area contributed by atoms with Crippen LogP contribution in [-0.4, -0.2) is 119 Å². The summed E-state index contributed by atoms with van der Waals surface area (Å²) in [6.45, 7) is 8.25. The molecule has 4 aliphatic heterocycles. The fourth-order valence-corrected chi connectivity index (χ4v) is 11.4. The minimum absolute atomic E-state index is 0. The SMILES string of the molecule is Cc1cn2nc([C@@H]3CCCCN3C(=O)c3cc(Cl)ccc3NS(C)(=O)=O)cc2nc1Cl.Cc1cn2nc([C@@H]3CCCCN3C(=O)c3cc(Cl)ccc3NS(C)(=O)=O)cc2nc1N1CC[C@H](C#N)C1.Cl.N#C[C@H]1CCNC1. The van der Waals surface area contributed by atoms with Crippen molar-refractivity contribution in [2.45, 2.75) is 77.3 Å². The van der Waals surface area contributed by atoms with Gasteiger partial charge in [0.1, 0.15) is 11.0 Å². The van der Waals surface area contributed by atoms with Gasteiger partial charge in [-0.05, 0) is 108 Å². The summed E-state index contributed by atoms with van der Waals surface area (Å²) < 4.78 is 55.6. The van der Waals surface area contributed by atoms with Crippen molar-refractivity contribution in [1.29, 1.82) is 10.5 Å². The molecule has 0 unspecified atom stereocenters. The average molecular weight is 1160 g/mol. The summed E-state index contributed by atoms with van der Waals surface area (Å²) in [7, 11) is -7.16. The Balaban J connectivity index is 0.000000196. The van der Waals surface area contributed by atoms with E-state index in [1.165, 1.54) is 24.3 Å². The molecule has 2 amide bonds. The molecule has 4 saturated heterocycles. The molecule has 20 nitrogen and oxygen atoms in total. The number of fused-ring (bicyclic) bond motifs is 2. The summed E-state index contributed by atoms with van der Waals surface area (Å²) in [5, 5.41) is 31.2. The van der Waals surface area contributed by atoms with Crippen LogP contribution < -0.4 is 19.7 Å². The molecule has 0 saturated carbocycles. The number of carbonyl (C=O) groups is 2. The molecule has 6 aromatic rings. The number of aryl methyl sites for hydroxylation is 2. The highest BCUT2D eigenvalue weighted by Gasteiger charge is 2.35. The molecule has 2 aromatic carbocycles. The highest BCUT2D eigenvalue weighted by Crippen LogP contribution is 2.37. The zero-order valence-corrected chi connectivity index (χ0v) is 46.9. The standard InChI is InChI=1S/C25H28ClN7O3S.C20H21Cl2N5O3S.C5H8N2.ClH/c1-16-14-33-23(28-24(16)31-10-8-17(13-27)15-31)12-21(29-33)22-5-3-4-9-32(22)25(34)19-11-18(26)6-7-20(19)30-37(2,35)36;1-12-11-27-18(23-19(12)22)10-16(24-27)17-5-3-4-8-26(17)20(28)14-9-13(21)6-7-15(14)25-31(2,29)30;6-3-5-1-2-7-4-5;/h6-7,11-12,14,17,22,30H,3-5,8-10,15H2,1-2H3;6-7,9-11,17,25H,3-5,8H2,1-2H3;5,7H,1-2,4H2;1H/t17-,22+;17-;5-;/m101./s1. The molecule has 404 valence electrons. The monoisotopic (exact) mass is 1150 g/mol.